The quantitative estimate of drug-likeness (QED) is 0.222. The molecule has 10 nitrogen and oxygen atoms in total. The van der Waals surface area contributed by atoms with Crippen LogP contribution < -0.4 is 19.5 Å². The van der Waals surface area contributed by atoms with Crippen LogP contribution in [-0.2, 0) is 11.3 Å². The highest BCUT2D eigenvalue weighted by atomic mass is 35.5. The van der Waals surface area contributed by atoms with Crippen molar-refractivity contribution in [1.82, 2.24) is 14.9 Å². The second-order valence-electron chi connectivity index (χ2n) is 11.3. The molecule has 0 saturated carbocycles. The molecule has 1 aliphatic rings. The number of carbonyl (C=O) groups excluding carboxylic acids is 1. The molecule has 2 aromatic carbocycles. The normalized spacial score (nSPS) is 15.8. The summed E-state index contributed by atoms with van der Waals surface area (Å²) >= 11 is 6.64. The predicted molar refractivity (Wildman–Crippen MR) is 168 cm³/mol. The lowest BCUT2D eigenvalue weighted by atomic mass is 9.81. The fraction of sp³-hybridized carbons (Fsp3) is 0.333. The maximum Gasteiger partial charge on any atom is 0.415 e. The van der Waals surface area contributed by atoms with Crippen LogP contribution in [0, 0.1) is 23.7 Å². The zero-order valence-corrected chi connectivity index (χ0v) is 26.1. The molecule has 1 amide bonds. The monoisotopic (exact) mass is 615 g/mol. The lowest BCUT2D eigenvalue weighted by Crippen LogP contribution is -2.52. The highest BCUT2D eigenvalue weighted by Crippen LogP contribution is 2.39. The fourth-order valence-corrected chi connectivity index (χ4v) is 5.61. The van der Waals surface area contributed by atoms with E-state index in [1.807, 2.05) is 19.1 Å². The number of rotatable bonds is 8. The van der Waals surface area contributed by atoms with Crippen molar-refractivity contribution in [2.75, 3.05) is 32.6 Å². The summed E-state index contributed by atoms with van der Waals surface area (Å²) in [5.41, 5.74) is 3.50. The molecule has 0 aliphatic carbocycles. The first-order valence-corrected chi connectivity index (χ1v) is 14.5. The lowest BCUT2D eigenvalue weighted by molar-refractivity contribution is -0.0445. The average molecular weight is 616 g/mol. The van der Waals surface area contributed by atoms with Crippen molar-refractivity contribution in [3.63, 3.8) is 0 Å². The molecule has 1 saturated heterocycles. The number of aromatic nitrogens is 2. The van der Waals surface area contributed by atoms with Crippen LogP contribution in [0.5, 0.6) is 17.2 Å². The van der Waals surface area contributed by atoms with Gasteiger partial charge in [-0.05, 0) is 43.2 Å². The number of nitrogens with zero attached hydrogens (tertiary/aromatic N) is 4. The third-order valence-corrected chi connectivity index (χ3v) is 8.15. The van der Waals surface area contributed by atoms with Crippen molar-refractivity contribution in [3.8, 4) is 23.3 Å². The number of aryl methyl sites for hydroxylation is 1. The third kappa shape index (κ3) is 6.49. The van der Waals surface area contributed by atoms with E-state index >= 15 is 0 Å². The number of hydrogen-bond donors (Lipinski definition) is 1. The number of fused-ring (bicyclic) bond motifs is 1. The second-order valence-corrected chi connectivity index (χ2v) is 11.7. The summed E-state index contributed by atoms with van der Waals surface area (Å²) in [7, 11) is 3.18. The number of pyridine rings is 2. The Morgan fingerprint density at radius 1 is 1.18 bits per heavy atom. The molecule has 0 bridgehead atoms. The number of amides is 1. The molecule has 1 atom stereocenters. The summed E-state index contributed by atoms with van der Waals surface area (Å²) in [5.74, 6) is 1.12. The van der Waals surface area contributed by atoms with E-state index < -0.39 is 6.09 Å². The third-order valence-electron chi connectivity index (χ3n) is 7.84. The Labute approximate surface area is 261 Å². The second kappa shape index (κ2) is 13.0. The topological polar surface area (TPSA) is 119 Å². The Hall–Kier alpha value is -4.59. The standard InChI is InChI=1S/C33H34ClN5O5/c1-20-7-6-11-36-27(20)18-43-22-8-9-25(24(34)13-22)38-31-21(16-35)17-37-26-15-29(28(41-4)14-23(26)31)44-32(40)39-12-10-30(42-5)33(2,3)19-39/h6-9,11,13-15,17,30H,10,12,18-19H2,1-5H3,(H,37,38). The summed E-state index contributed by atoms with van der Waals surface area (Å²) < 4.78 is 22.9. The molecule has 0 radical (unpaired) electrons. The highest BCUT2D eigenvalue weighted by molar-refractivity contribution is 6.33. The van der Waals surface area contributed by atoms with Crippen molar-refractivity contribution in [2.24, 2.45) is 5.41 Å². The zero-order valence-electron chi connectivity index (χ0n) is 25.3. The molecule has 1 N–H and O–H groups in total. The van der Waals surface area contributed by atoms with E-state index in [0.717, 1.165) is 11.3 Å². The van der Waals surface area contributed by atoms with E-state index in [1.54, 1.807) is 48.5 Å². The first-order valence-electron chi connectivity index (χ1n) is 14.1. The number of hydrogen-bond acceptors (Lipinski definition) is 9. The van der Waals surface area contributed by atoms with Gasteiger partial charge in [0.1, 0.15) is 18.4 Å². The number of nitriles is 1. The van der Waals surface area contributed by atoms with Crippen LogP contribution in [0.25, 0.3) is 10.9 Å². The van der Waals surface area contributed by atoms with Gasteiger partial charge in [-0.3, -0.25) is 9.97 Å². The van der Waals surface area contributed by atoms with Gasteiger partial charge in [-0.2, -0.15) is 5.26 Å². The van der Waals surface area contributed by atoms with Gasteiger partial charge in [-0.1, -0.05) is 31.5 Å². The molecule has 11 heteroatoms. The zero-order chi connectivity index (χ0) is 31.4. The maximum atomic E-state index is 13.2. The van der Waals surface area contributed by atoms with Crippen molar-refractivity contribution in [3.05, 3.63) is 76.7 Å². The molecule has 1 aliphatic heterocycles. The van der Waals surface area contributed by atoms with Crippen molar-refractivity contribution < 1.29 is 23.7 Å². The molecule has 1 fully saturated rings. The van der Waals surface area contributed by atoms with Gasteiger partial charge in [0.05, 0.1) is 46.4 Å². The minimum absolute atomic E-state index is 0.0549. The molecule has 4 aromatic rings. The molecule has 1 unspecified atom stereocenters. The van der Waals surface area contributed by atoms with Gasteiger partial charge < -0.3 is 29.2 Å². The first kappa shape index (κ1) is 30.9. The van der Waals surface area contributed by atoms with Gasteiger partial charge in [-0.25, -0.2) is 4.79 Å². The van der Waals surface area contributed by atoms with Gasteiger partial charge >= 0.3 is 6.09 Å². The Balaban J connectivity index is 1.39. The molecule has 44 heavy (non-hydrogen) atoms. The Kier molecular flexibility index (Phi) is 9.09. The van der Waals surface area contributed by atoms with Crippen molar-refractivity contribution in [2.45, 2.75) is 39.9 Å². The van der Waals surface area contributed by atoms with E-state index in [4.69, 9.17) is 30.5 Å². The largest absolute Gasteiger partial charge is 0.493 e. The fourth-order valence-electron chi connectivity index (χ4n) is 5.39. The van der Waals surface area contributed by atoms with Crippen LogP contribution in [0.2, 0.25) is 5.02 Å². The van der Waals surface area contributed by atoms with Crippen molar-refractivity contribution in [1.29, 1.82) is 5.26 Å². The molecule has 3 heterocycles. The smallest absolute Gasteiger partial charge is 0.415 e. The van der Waals surface area contributed by atoms with Crippen LogP contribution in [0.3, 0.4) is 0 Å². The SMILES string of the molecule is COc1cc2c(Nc3ccc(OCc4ncccc4C)cc3Cl)c(C#N)cnc2cc1OC(=O)N1CCC(OC)C(C)(C)C1. The molecule has 2 aromatic heterocycles. The van der Waals surface area contributed by atoms with Crippen LogP contribution in [0.15, 0.2) is 54.9 Å². The summed E-state index contributed by atoms with van der Waals surface area (Å²) in [4.78, 5) is 23.7. The van der Waals surface area contributed by atoms with E-state index in [1.165, 1.54) is 13.3 Å². The van der Waals surface area contributed by atoms with Crippen LogP contribution >= 0.6 is 11.6 Å². The summed E-state index contributed by atoms with van der Waals surface area (Å²) in [5, 5.41) is 14.2. The molecule has 0 spiro atoms. The summed E-state index contributed by atoms with van der Waals surface area (Å²) in [6, 6.07) is 14.6. The van der Waals surface area contributed by atoms with Gasteiger partial charge in [0.15, 0.2) is 11.5 Å². The number of methoxy groups -OCH3 is 2. The highest BCUT2D eigenvalue weighted by Gasteiger charge is 2.38. The lowest BCUT2D eigenvalue weighted by Gasteiger charge is -2.42. The van der Waals surface area contributed by atoms with E-state index in [9.17, 15) is 10.1 Å². The number of ether oxygens (including phenoxy) is 4. The van der Waals surface area contributed by atoms with Crippen LogP contribution in [-0.4, -0.2) is 54.4 Å². The Morgan fingerprint density at radius 3 is 2.68 bits per heavy atom. The van der Waals surface area contributed by atoms with Gasteiger partial charge in [0.25, 0.3) is 0 Å². The number of piperidine rings is 1. The summed E-state index contributed by atoms with van der Waals surface area (Å²) in [6.07, 6.45) is 3.47. The van der Waals surface area contributed by atoms with Gasteiger partial charge in [0, 0.05) is 55.5 Å². The molecular weight excluding hydrogens is 582 g/mol. The minimum atomic E-state index is -0.482. The van der Waals surface area contributed by atoms with Gasteiger partial charge in [-0.15, -0.1) is 0 Å². The van der Waals surface area contributed by atoms with Crippen LogP contribution in [0.4, 0.5) is 16.2 Å². The number of benzene rings is 2. The molecular formula is C33H34ClN5O5. The molecule has 228 valence electrons. The van der Waals surface area contributed by atoms with Crippen LogP contribution in [0.1, 0.15) is 37.1 Å². The first-order chi connectivity index (χ1) is 21.1. The maximum absolute atomic E-state index is 13.2. The van der Waals surface area contributed by atoms with E-state index in [-0.39, 0.29) is 17.3 Å². The number of likely N-dealkylation sites (tertiary alicyclic amines) is 1. The van der Waals surface area contributed by atoms with E-state index in [0.29, 0.717) is 70.5 Å². The predicted octanol–water partition coefficient (Wildman–Crippen LogP) is 7.04. The Morgan fingerprint density at radius 2 is 2.00 bits per heavy atom. The van der Waals surface area contributed by atoms with Gasteiger partial charge in [0.2, 0.25) is 0 Å². The minimum Gasteiger partial charge on any atom is -0.493 e. The number of anilines is 2. The number of halogens is 1. The van der Waals surface area contributed by atoms with E-state index in [2.05, 4.69) is 35.2 Å². The number of carbonyl (C=O) groups is 1. The Bertz CT molecular complexity index is 1740. The molecule has 5 rings (SSSR count). The summed E-state index contributed by atoms with van der Waals surface area (Å²) in [6.45, 7) is 7.43. The number of nitrogens with one attached hydrogen (secondary N) is 1. The average Bonchev–Trinajstić information content (AvgIpc) is 3.01. The van der Waals surface area contributed by atoms with Crippen molar-refractivity contribution >= 4 is 40.0 Å².